The zero-order valence-corrected chi connectivity index (χ0v) is 16.3. The summed E-state index contributed by atoms with van der Waals surface area (Å²) in [4.78, 5) is 23.4. The minimum Gasteiger partial charge on any atom is -0.491 e. The molecule has 0 radical (unpaired) electrons. The predicted octanol–water partition coefficient (Wildman–Crippen LogP) is 2.87. The van der Waals surface area contributed by atoms with E-state index in [-0.39, 0.29) is 6.10 Å². The first-order valence-corrected chi connectivity index (χ1v) is 8.72. The van der Waals surface area contributed by atoms with Crippen molar-refractivity contribution in [3.63, 3.8) is 0 Å². The van der Waals surface area contributed by atoms with Gasteiger partial charge in [-0.2, -0.15) is 0 Å². The molecule has 1 aromatic rings. The van der Waals surface area contributed by atoms with Gasteiger partial charge in [-0.3, -0.25) is 0 Å². The average molecular weight is 381 g/mol. The summed E-state index contributed by atoms with van der Waals surface area (Å²) in [6.45, 7) is 9.56. The first-order chi connectivity index (χ1) is 12.5. The van der Waals surface area contributed by atoms with Gasteiger partial charge in [0, 0.05) is 0 Å². The molecule has 8 heteroatoms. The minimum absolute atomic E-state index is 0.166. The molecule has 1 unspecified atom stereocenters. The Hall–Kier alpha value is -2.32. The van der Waals surface area contributed by atoms with Crippen LogP contribution in [0, 0.1) is 0 Å². The molecular formula is C19H27NO7. The number of amides is 1. The quantitative estimate of drug-likeness (QED) is 0.781. The van der Waals surface area contributed by atoms with Crippen molar-refractivity contribution in [2.24, 2.45) is 0 Å². The van der Waals surface area contributed by atoms with Crippen LogP contribution in [0.15, 0.2) is 24.3 Å². The van der Waals surface area contributed by atoms with Gasteiger partial charge in [0.1, 0.15) is 24.1 Å². The minimum atomic E-state index is -1.22. The van der Waals surface area contributed by atoms with E-state index in [4.69, 9.17) is 18.9 Å². The highest BCUT2D eigenvalue weighted by molar-refractivity contribution is 5.81. The SMILES string of the molecule is CC(C)(C)OC(=O)NC(C(=O)O)c1ccc(OC[C@@H]2COC(C)(C)O2)cc1. The Morgan fingerprint density at radius 2 is 1.93 bits per heavy atom. The maximum atomic E-state index is 11.9. The van der Waals surface area contributed by atoms with Crippen molar-refractivity contribution in [2.45, 2.75) is 58.2 Å². The summed E-state index contributed by atoms with van der Waals surface area (Å²) in [5, 5.41) is 11.8. The summed E-state index contributed by atoms with van der Waals surface area (Å²) in [6.07, 6.45) is -0.962. The van der Waals surface area contributed by atoms with E-state index in [1.165, 1.54) is 0 Å². The molecule has 1 aliphatic heterocycles. The van der Waals surface area contributed by atoms with Gasteiger partial charge in [-0.15, -0.1) is 0 Å². The number of ether oxygens (including phenoxy) is 4. The molecule has 2 rings (SSSR count). The van der Waals surface area contributed by atoms with Crippen LogP contribution < -0.4 is 10.1 Å². The zero-order valence-electron chi connectivity index (χ0n) is 16.3. The number of nitrogens with one attached hydrogen (secondary N) is 1. The van der Waals surface area contributed by atoms with Crippen molar-refractivity contribution in [1.29, 1.82) is 0 Å². The Morgan fingerprint density at radius 1 is 1.30 bits per heavy atom. The Balaban J connectivity index is 1.94. The van der Waals surface area contributed by atoms with E-state index < -0.39 is 29.5 Å². The van der Waals surface area contributed by atoms with E-state index in [0.717, 1.165) is 0 Å². The van der Waals surface area contributed by atoms with Crippen molar-refractivity contribution >= 4 is 12.1 Å². The molecule has 1 aromatic carbocycles. The molecule has 27 heavy (non-hydrogen) atoms. The molecule has 1 aliphatic rings. The monoisotopic (exact) mass is 381 g/mol. The smallest absolute Gasteiger partial charge is 0.408 e. The van der Waals surface area contributed by atoms with Crippen molar-refractivity contribution in [1.82, 2.24) is 5.32 Å². The molecule has 1 heterocycles. The number of hydrogen-bond donors (Lipinski definition) is 2. The normalized spacial score (nSPS) is 20.0. The van der Waals surface area contributed by atoms with E-state index in [2.05, 4.69) is 5.32 Å². The molecule has 8 nitrogen and oxygen atoms in total. The van der Waals surface area contributed by atoms with Gasteiger partial charge in [0.2, 0.25) is 0 Å². The molecule has 150 valence electrons. The fourth-order valence-electron chi connectivity index (χ4n) is 2.50. The zero-order chi connectivity index (χ0) is 20.2. The lowest BCUT2D eigenvalue weighted by molar-refractivity contribution is -0.141. The predicted molar refractivity (Wildman–Crippen MR) is 96.6 cm³/mol. The number of carboxylic acid groups (broad SMARTS) is 1. The molecule has 0 spiro atoms. The highest BCUT2D eigenvalue weighted by Gasteiger charge is 2.33. The summed E-state index contributed by atoms with van der Waals surface area (Å²) < 4.78 is 21.9. The number of carbonyl (C=O) groups is 2. The Morgan fingerprint density at radius 3 is 2.41 bits per heavy atom. The van der Waals surface area contributed by atoms with Gasteiger partial charge in [0.25, 0.3) is 0 Å². The second-order valence-corrected chi connectivity index (χ2v) is 7.75. The van der Waals surface area contributed by atoms with Gasteiger partial charge in [0.05, 0.1) is 6.61 Å². The van der Waals surface area contributed by atoms with Gasteiger partial charge < -0.3 is 29.4 Å². The molecule has 1 fully saturated rings. The second-order valence-electron chi connectivity index (χ2n) is 7.75. The number of carbonyl (C=O) groups excluding carboxylic acids is 1. The molecule has 1 saturated heterocycles. The van der Waals surface area contributed by atoms with Crippen molar-refractivity contribution < 1.29 is 33.6 Å². The van der Waals surface area contributed by atoms with Gasteiger partial charge in [-0.25, -0.2) is 9.59 Å². The van der Waals surface area contributed by atoms with Crippen molar-refractivity contribution in [3.05, 3.63) is 29.8 Å². The summed E-state index contributed by atoms with van der Waals surface area (Å²) >= 11 is 0. The third kappa shape index (κ3) is 6.73. The summed E-state index contributed by atoms with van der Waals surface area (Å²) in [5.74, 6) is -1.23. The van der Waals surface area contributed by atoms with Crippen molar-refractivity contribution in [3.8, 4) is 5.75 Å². The number of aliphatic carboxylic acids is 1. The van der Waals surface area contributed by atoms with Crippen LogP contribution in [-0.2, 0) is 19.0 Å². The van der Waals surface area contributed by atoms with Crippen LogP contribution in [-0.4, -0.2) is 47.9 Å². The fourth-order valence-corrected chi connectivity index (χ4v) is 2.50. The molecule has 2 N–H and O–H groups in total. The van der Waals surface area contributed by atoms with Gasteiger partial charge in [-0.05, 0) is 52.3 Å². The van der Waals surface area contributed by atoms with E-state index in [0.29, 0.717) is 24.5 Å². The Bertz CT molecular complexity index is 664. The molecule has 0 aromatic heterocycles. The summed E-state index contributed by atoms with van der Waals surface area (Å²) in [6, 6.07) is 5.23. The van der Waals surface area contributed by atoms with Crippen LogP contribution in [0.2, 0.25) is 0 Å². The molecule has 1 amide bonds. The molecule has 0 saturated carbocycles. The number of rotatable bonds is 6. The van der Waals surface area contributed by atoms with Crippen molar-refractivity contribution in [2.75, 3.05) is 13.2 Å². The van der Waals surface area contributed by atoms with Crippen LogP contribution in [0.1, 0.15) is 46.2 Å². The lowest BCUT2D eigenvalue weighted by atomic mass is 10.1. The largest absolute Gasteiger partial charge is 0.491 e. The van der Waals surface area contributed by atoms with Crippen LogP contribution >= 0.6 is 0 Å². The summed E-state index contributed by atoms with van der Waals surface area (Å²) in [5.41, 5.74) is -0.312. The summed E-state index contributed by atoms with van der Waals surface area (Å²) in [7, 11) is 0. The molecule has 0 bridgehead atoms. The van der Waals surface area contributed by atoms with Crippen LogP contribution in [0.3, 0.4) is 0 Å². The van der Waals surface area contributed by atoms with Crippen LogP contribution in [0.25, 0.3) is 0 Å². The maximum Gasteiger partial charge on any atom is 0.408 e. The van der Waals surface area contributed by atoms with E-state index >= 15 is 0 Å². The van der Waals surface area contributed by atoms with E-state index in [1.54, 1.807) is 45.0 Å². The number of hydrogen-bond acceptors (Lipinski definition) is 6. The molecule has 2 atom stereocenters. The van der Waals surface area contributed by atoms with Gasteiger partial charge >= 0.3 is 12.1 Å². The lowest BCUT2D eigenvalue weighted by Gasteiger charge is -2.22. The van der Waals surface area contributed by atoms with E-state index in [9.17, 15) is 14.7 Å². The lowest BCUT2D eigenvalue weighted by Crippen LogP contribution is -2.38. The Labute approximate surface area is 158 Å². The fraction of sp³-hybridized carbons (Fsp3) is 0.579. The Kier molecular flexibility index (Phi) is 6.33. The number of alkyl carbamates (subject to hydrolysis) is 1. The number of carboxylic acids is 1. The third-order valence-corrected chi connectivity index (χ3v) is 3.62. The van der Waals surface area contributed by atoms with Gasteiger partial charge in [0.15, 0.2) is 11.8 Å². The third-order valence-electron chi connectivity index (χ3n) is 3.62. The van der Waals surface area contributed by atoms with E-state index in [1.807, 2.05) is 13.8 Å². The average Bonchev–Trinajstić information content (AvgIpc) is 2.88. The van der Waals surface area contributed by atoms with Crippen LogP contribution in [0.5, 0.6) is 5.75 Å². The topological polar surface area (TPSA) is 103 Å². The van der Waals surface area contributed by atoms with Crippen LogP contribution in [0.4, 0.5) is 4.79 Å². The van der Waals surface area contributed by atoms with Gasteiger partial charge in [-0.1, -0.05) is 12.1 Å². The standard InChI is InChI=1S/C19H27NO7/c1-18(2,3)27-17(23)20-15(16(21)22)12-6-8-13(9-7-12)24-10-14-11-25-19(4,5)26-14/h6-9,14-15H,10-11H2,1-5H3,(H,20,23)(H,21,22)/t14-,15?/m1/s1. The molecular weight excluding hydrogens is 354 g/mol. The number of benzene rings is 1. The highest BCUT2D eigenvalue weighted by atomic mass is 16.7. The first-order valence-electron chi connectivity index (χ1n) is 8.72. The molecule has 0 aliphatic carbocycles. The highest BCUT2D eigenvalue weighted by Crippen LogP contribution is 2.24. The maximum absolute atomic E-state index is 11.9. The second kappa shape index (κ2) is 8.14. The first kappa shape index (κ1) is 21.0.